The standard InChI is InChI=1S/C18H22O2/c1-13(2)20-16-10-7-9-15(12-16)18(4,19)17-11-6-5-8-14(17)3/h5-13,19H,1-4H3. The van der Waals surface area contributed by atoms with E-state index in [2.05, 4.69) is 0 Å². The van der Waals surface area contributed by atoms with E-state index >= 15 is 0 Å². The summed E-state index contributed by atoms with van der Waals surface area (Å²) in [7, 11) is 0. The van der Waals surface area contributed by atoms with Crippen LogP contribution in [-0.4, -0.2) is 11.2 Å². The summed E-state index contributed by atoms with van der Waals surface area (Å²) in [6.45, 7) is 7.82. The third-order valence-corrected chi connectivity index (χ3v) is 3.44. The van der Waals surface area contributed by atoms with Crippen LogP contribution in [0.25, 0.3) is 0 Å². The first-order valence-electron chi connectivity index (χ1n) is 6.97. The lowest BCUT2D eigenvalue weighted by molar-refractivity contribution is 0.101. The molecule has 2 aromatic carbocycles. The van der Waals surface area contributed by atoms with Gasteiger partial charge in [-0.1, -0.05) is 36.4 Å². The zero-order valence-electron chi connectivity index (χ0n) is 12.6. The molecule has 2 nitrogen and oxygen atoms in total. The number of aliphatic hydroxyl groups is 1. The van der Waals surface area contributed by atoms with E-state index in [0.717, 1.165) is 22.4 Å². The molecule has 0 fully saturated rings. The van der Waals surface area contributed by atoms with Gasteiger partial charge >= 0.3 is 0 Å². The highest BCUT2D eigenvalue weighted by Crippen LogP contribution is 2.33. The zero-order chi connectivity index (χ0) is 14.8. The summed E-state index contributed by atoms with van der Waals surface area (Å²) >= 11 is 0. The van der Waals surface area contributed by atoms with Crippen molar-refractivity contribution in [1.29, 1.82) is 0 Å². The molecule has 0 aliphatic carbocycles. The Morgan fingerprint density at radius 1 is 1.05 bits per heavy atom. The molecule has 2 heteroatoms. The van der Waals surface area contributed by atoms with Gasteiger partial charge in [-0.2, -0.15) is 0 Å². The molecule has 0 bridgehead atoms. The van der Waals surface area contributed by atoms with E-state index in [1.165, 1.54) is 0 Å². The summed E-state index contributed by atoms with van der Waals surface area (Å²) in [6.07, 6.45) is 0.119. The van der Waals surface area contributed by atoms with Crippen LogP contribution in [0, 0.1) is 6.92 Å². The van der Waals surface area contributed by atoms with Gasteiger partial charge in [0.1, 0.15) is 11.4 Å². The molecule has 0 heterocycles. The molecule has 0 amide bonds. The van der Waals surface area contributed by atoms with E-state index in [0.29, 0.717) is 0 Å². The van der Waals surface area contributed by atoms with E-state index in [9.17, 15) is 5.11 Å². The van der Waals surface area contributed by atoms with E-state index in [1.807, 2.05) is 76.2 Å². The smallest absolute Gasteiger partial charge is 0.120 e. The third-order valence-electron chi connectivity index (χ3n) is 3.44. The molecular formula is C18H22O2. The normalized spacial score (nSPS) is 14.1. The number of hydrogen-bond acceptors (Lipinski definition) is 2. The second-order valence-electron chi connectivity index (χ2n) is 5.58. The maximum Gasteiger partial charge on any atom is 0.120 e. The highest BCUT2D eigenvalue weighted by Gasteiger charge is 2.27. The maximum absolute atomic E-state index is 10.9. The van der Waals surface area contributed by atoms with Crippen molar-refractivity contribution in [2.45, 2.75) is 39.4 Å². The van der Waals surface area contributed by atoms with Crippen molar-refractivity contribution in [3.63, 3.8) is 0 Å². The minimum absolute atomic E-state index is 0.119. The quantitative estimate of drug-likeness (QED) is 0.908. The van der Waals surface area contributed by atoms with Crippen LogP contribution in [-0.2, 0) is 5.60 Å². The van der Waals surface area contributed by atoms with E-state index < -0.39 is 5.60 Å². The minimum Gasteiger partial charge on any atom is -0.491 e. The second kappa shape index (κ2) is 5.68. The van der Waals surface area contributed by atoms with Gasteiger partial charge in [0.2, 0.25) is 0 Å². The topological polar surface area (TPSA) is 29.5 Å². The number of rotatable bonds is 4. The lowest BCUT2D eigenvalue weighted by Gasteiger charge is -2.27. The van der Waals surface area contributed by atoms with Crippen molar-refractivity contribution >= 4 is 0 Å². The van der Waals surface area contributed by atoms with E-state index in [4.69, 9.17) is 4.74 Å². The molecule has 0 saturated heterocycles. The van der Waals surface area contributed by atoms with Crippen LogP contribution < -0.4 is 4.74 Å². The summed E-state index contributed by atoms with van der Waals surface area (Å²) < 4.78 is 5.71. The summed E-state index contributed by atoms with van der Waals surface area (Å²) in [6, 6.07) is 15.6. The van der Waals surface area contributed by atoms with Crippen LogP contribution in [0.15, 0.2) is 48.5 Å². The number of ether oxygens (including phenoxy) is 1. The third kappa shape index (κ3) is 3.02. The van der Waals surface area contributed by atoms with E-state index in [1.54, 1.807) is 0 Å². The zero-order valence-corrected chi connectivity index (χ0v) is 12.6. The fraction of sp³-hybridized carbons (Fsp3) is 0.333. The molecule has 0 aliphatic heterocycles. The van der Waals surface area contributed by atoms with Gasteiger partial charge in [-0.05, 0) is 56.5 Å². The van der Waals surface area contributed by atoms with Gasteiger partial charge in [-0.15, -0.1) is 0 Å². The van der Waals surface area contributed by atoms with Gasteiger partial charge < -0.3 is 9.84 Å². The predicted molar refractivity (Wildman–Crippen MR) is 82.1 cm³/mol. The van der Waals surface area contributed by atoms with Crippen LogP contribution in [0.2, 0.25) is 0 Å². The van der Waals surface area contributed by atoms with Crippen LogP contribution in [0.4, 0.5) is 0 Å². The number of hydrogen-bond donors (Lipinski definition) is 1. The maximum atomic E-state index is 10.9. The molecule has 1 N–H and O–H groups in total. The number of aryl methyl sites for hydroxylation is 1. The summed E-state index contributed by atoms with van der Waals surface area (Å²) in [4.78, 5) is 0. The Hall–Kier alpha value is -1.80. The van der Waals surface area contributed by atoms with Crippen molar-refractivity contribution in [2.24, 2.45) is 0 Å². The van der Waals surface area contributed by atoms with Crippen molar-refractivity contribution in [2.75, 3.05) is 0 Å². The number of benzene rings is 2. The lowest BCUT2D eigenvalue weighted by Crippen LogP contribution is -2.24. The molecule has 0 saturated carbocycles. The van der Waals surface area contributed by atoms with Crippen LogP contribution in [0.1, 0.15) is 37.5 Å². The monoisotopic (exact) mass is 270 g/mol. The van der Waals surface area contributed by atoms with Crippen molar-refractivity contribution < 1.29 is 9.84 Å². The fourth-order valence-electron chi connectivity index (χ4n) is 2.42. The Morgan fingerprint density at radius 3 is 2.40 bits per heavy atom. The molecule has 20 heavy (non-hydrogen) atoms. The van der Waals surface area contributed by atoms with Crippen LogP contribution >= 0.6 is 0 Å². The average Bonchev–Trinajstić information content (AvgIpc) is 2.38. The predicted octanol–water partition coefficient (Wildman–Crippen LogP) is 4.04. The minimum atomic E-state index is -1.03. The van der Waals surface area contributed by atoms with E-state index in [-0.39, 0.29) is 6.10 Å². The molecule has 0 aromatic heterocycles. The molecule has 1 atom stereocenters. The Bertz CT molecular complexity index is 585. The molecule has 0 aliphatic rings. The Kier molecular flexibility index (Phi) is 4.15. The van der Waals surface area contributed by atoms with Gasteiger partial charge in [0.15, 0.2) is 0 Å². The first-order valence-corrected chi connectivity index (χ1v) is 6.97. The molecular weight excluding hydrogens is 248 g/mol. The Balaban J connectivity index is 2.41. The molecule has 106 valence electrons. The first-order chi connectivity index (χ1) is 9.41. The molecule has 2 aromatic rings. The Labute approximate surface area is 121 Å². The first kappa shape index (κ1) is 14.6. The molecule has 0 radical (unpaired) electrons. The molecule has 0 spiro atoms. The van der Waals surface area contributed by atoms with Crippen molar-refractivity contribution in [1.82, 2.24) is 0 Å². The molecule has 1 unspecified atom stereocenters. The summed E-state index contributed by atoms with van der Waals surface area (Å²) in [5, 5.41) is 10.9. The van der Waals surface area contributed by atoms with Gasteiger partial charge in [-0.25, -0.2) is 0 Å². The Morgan fingerprint density at radius 2 is 1.75 bits per heavy atom. The second-order valence-corrected chi connectivity index (χ2v) is 5.58. The van der Waals surface area contributed by atoms with Gasteiger partial charge in [-0.3, -0.25) is 0 Å². The van der Waals surface area contributed by atoms with Crippen LogP contribution in [0.5, 0.6) is 5.75 Å². The highest BCUT2D eigenvalue weighted by molar-refractivity contribution is 5.42. The summed E-state index contributed by atoms with van der Waals surface area (Å²) in [5.74, 6) is 0.784. The highest BCUT2D eigenvalue weighted by atomic mass is 16.5. The summed E-state index contributed by atoms with van der Waals surface area (Å²) in [5.41, 5.74) is 1.81. The van der Waals surface area contributed by atoms with Gasteiger partial charge in [0, 0.05) is 0 Å². The van der Waals surface area contributed by atoms with Gasteiger partial charge in [0.25, 0.3) is 0 Å². The fourth-order valence-corrected chi connectivity index (χ4v) is 2.42. The van der Waals surface area contributed by atoms with Gasteiger partial charge in [0.05, 0.1) is 6.10 Å². The average molecular weight is 270 g/mol. The molecule has 2 rings (SSSR count). The van der Waals surface area contributed by atoms with Crippen molar-refractivity contribution in [3.8, 4) is 5.75 Å². The van der Waals surface area contributed by atoms with Crippen LogP contribution in [0.3, 0.4) is 0 Å². The van der Waals surface area contributed by atoms with Crippen molar-refractivity contribution in [3.05, 3.63) is 65.2 Å². The largest absolute Gasteiger partial charge is 0.491 e. The SMILES string of the molecule is Cc1ccccc1C(C)(O)c1cccc(OC(C)C)c1. The lowest BCUT2D eigenvalue weighted by atomic mass is 9.85.